The normalized spacial score (nSPS) is 15.4. The molecule has 0 radical (unpaired) electrons. The fourth-order valence-corrected chi connectivity index (χ4v) is 5.33. The second-order valence-electron chi connectivity index (χ2n) is 5.48. The van der Waals surface area contributed by atoms with E-state index in [-0.39, 0.29) is 41.1 Å². The van der Waals surface area contributed by atoms with E-state index in [1.807, 2.05) is 0 Å². The molecule has 0 spiro atoms. The highest BCUT2D eigenvalue weighted by atomic mass is 32.2. The number of rotatable bonds is 5. The number of pyridine rings is 1. The van der Waals surface area contributed by atoms with E-state index in [2.05, 4.69) is 10.3 Å². The van der Waals surface area contributed by atoms with Crippen LogP contribution in [-0.4, -0.2) is 55.8 Å². The quantitative estimate of drug-likeness (QED) is 0.739. The number of carbonyl (C=O) groups is 2. The standard InChI is InChI=1S/C15H15FN4O5S2/c16-10-2-1-3-18-12(10)14(22)19-15-9(13(17)21)8-11(26-15)27(23,24)20-4-6-25-7-5-20/h1-3,8H,4-7H2,(H2,17,21)(H,19,22). The summed E-state index contributed by atoms with van der Waals surface area (Å²) in [5.74, 6) is -2.70. The van der Waals surface area contributed by atoms with Gasteiger partial charge in [0.25, 0.3) is 21.8 Å². The summed E-state index contributed by atoms with van der Waals surface area (Å²) in [7, 11) is -3.88. The first kappa shape index (κ1) is 19.4. The Kier molecular flexibility index (Phi) is 5.51. The maximum Gasteiger partial charge on any atom is 0.277 e. The van der Waals surface area contributed by atoms with E-state index < -0.39 is 33.3 Å². The number of amides is 2. The molecule has 0 aliphatic carbocycles. The van der Waals surface area contributed by atoms with Gasteiger partial charge in [-0.25, -0.2) is 17.8 Å². The molecule has 1 fully saturated rings. The number of nitrogens with zero attached hydrogens (tertiary/aromatic N) is 2. The number of halogens is 1. The first-order valence-corrected chi connectivity index (χ1v) is 10.00. The van der Waals surface area contributed by atoms with Crippen molar-refractivity contribution in [3.63, 3.8) is 0 Å². The van der Waals surface area contributed by atoms with E-state index >= 15 is 0 Å². The van der Waals surface area contributed by atoms with Crippen molar-refractivity contribution in [1.29, 1.82) is 0 Å². The number of primary amides is 1. The van der Waals surface area contributed by atoms with E-state index in [0.717, 1.165) is 12.1 Å². The Balaban J connectivity index is 1.93. The summed E-state index contributed by atoms with van der Waals surface area (Å²) in [6.45, 7) is 0.867. The van der Waals surface area contributed by atoms with Crippen molar-refractivity contribution in [1.82, 2.24) is 9.29 Å². The molecule has 144 valence electrons. The molecule has 0 aromatic carbocycles. The van der Waals surface area contributed by atoms with Gasteiger partial charge in [-0.3, -0.25) is 9.59 Å². The van der Waals surface area contributed by atoms with Crippen molar-refractivity contribution in [2.24, 2.45) is 5.73 Å². The molecule has 1 aliphatic rings. The van der Waals surface area contributed by atoms with Crippen LogP contribution in [0.4, 0.5) is 9.39 Å². The van der Waals surface area contributed by atoms with Crippen LogP contribution in [0.25, 0.3) is 0 Å². The van der Waals surface area contributed by atoms with Crippen LogP contribution in [-0.2, 0) is 14.8 Å². The summed E-state index contributed by atoms with van der Waals surface area (Å²) >= 11 is 0.664. The van der Waals surface area contributed by atoms with Gasteiger partial charge in [0.1, 0.15) is 9.21 Å². The van der Waals surface area contributed by atoms with E-state index in [9.17, 15) is 22.4 Å². The van der Waals surface area contributed by atoms with E-state index in [1.165, 1.54) is 16.6 Å². The lowest BCUT2D eigenvalue weighted by molar-refractivity contribution is 0.0731. The molecule has 0 saturated carbocycles. The molecule has 2 amide bonds. The smallest absolute Gasteiger partial charge is 0.277 e. The average molecular weight is 414 g/mol. The molecule has 3 rings (SSSR count). The van der Waals surface area contributed by atoms with Gasteiger partial charge in [0.05, 0.1) is 18.8 Å². The first-order chi connectivity index (χ1) is 12.8. The summed E-state index contributed by atoms with van der Waals surface area (Å²) in [6.07, 6.45) is 1.23. The van der Waals surface area contributed by atoms with Gasteiger partial charge in [-0.15, -0.1) is 11.3 Å². The summed E-state index contributed by atoms with van der Waals surface area (Å²) in [4.78, 5) is 27.6. The maximum absolute atomic E-state index is 13.7. The van der Waals surface area contributed by atoms with Crippen LogP contribution in [0.1, 0.15) is 20.8 Å². The second-order valence-corrected chi connectivity index (χ2v) is 8.69. The fraction of sp³-hybridized carbons (Fsp3) is 0.267. The Hall–Kier alpha value is -2.41. The van der Waals surface area contributed by atoms with Crippen LogP contribution >= 0.6 is 11.3 Å². The minimum absolute atomic E-state index is 0.0932. The summed E-state index contributed by atoms with van der Waals surface area (Å²) in [5.41, 5.74) is 4.62. The van der Waals surface area contributed by atoms with Gasteiger partial charge in [0.2, 0.25) is 0 Å². The minimum Gasteiger partial charge on any atom is -0.379 e. The molecule has 9 nitrogen and oxygen atoms in total. The number of nitrogens with one attached hydrogen (secondary N) is 1. The molecule has 1 saturated heterocycles. The van der Waals surface area contributed by atoms with Crippen LogP contribution in [0.2, 0.25) is 0 Å². The molecule has 2 aromatic heterocycles. The number of anilines is 1. The van der Waals surface area contributed by atoms with Crippen LogP contribution in [0.15, 0.2) is 28.6 Å². The summed E-state index contributed by atoms with van der Waals surface area (Å²) in [6, 6.07) is 3.47. The molecular weight excluding hydrogens is 399 g/mol. The van der Waals surface area contributed by atoms with E-state index in [4.69, 9.17) is 10.5 Å². The zero-order chi connectivity index (χ0) is 19.6. The minimum atomic E-state index is -3.88. The number of morpholine rings is 1. The molecule has 27 heavy (non-hydrogen) atoms. The van der Waals surface area contributed by atoms with Gasteiger partial charge in [0.15, 0.2) is 11.5 Å². The molecule has 0 atom stereocenters. The van der Waals surface area contributed by atoms with E-state index in [1.54, 1.807) is 0 Å². The molecular formula is C15H15FN4O5S2. The third kappa shape index (κ3) is 3.98. The fourth-order valence-electron chi connectivity index (χ4n) is 2.40. The monoisotopic (exact) mass is 414 g/mol. The Labute approximate surface area is 158 Å². The Morgan fingerprint density at radius 3 is 2.67 bits per heavy atom. The number of hydrogen-bond acceptors (Lipinski definition) is 7. The van der Waals surface area contributed by atoms with Gasteiger partial charge >= 0.3 is 0 Å². The van der Waals surface area contributed by atoms with Crippen molar-refractivity contribution in [3.8, 4) is 0 Å². The predicted molar refractivity (Wildman–Crippen MR) is 94.6 cm³/mol. The van der Waals surface area contributed by atoms with Gasteiger partial charge < -0.3 is 15.8 Å². The van der Waals surface area contributed by atoms with E-state index in [0.29, 0.717) is 11.3 Å². The Morgan fingerprint density at radius 2 is 2.04 bits per heavy atom. The van der Waals surface area contributed by atoms with Gasteiger partial charge in [-0.2, -0.15) is 4.31 Å². The molecule has 3 N–H and O–H groups in total. The number of nitrogens with two attached hydrogens (primary N) is 1. The SMILES string of the molecule is NC(=O)c1cc(S(=O)(=O)N2CCOCC2)sc1NC(=O)c1ncccc1F. The van der Waals surface area contributed by atoms with Gasteiger partial charge in [0, 0.05) is 19.3 Å². The topological polar surface area (TPSA) is 132 Å². The third-order valence-corrected chi connectivity index (χ3v) is 7.14. The zero-order valence-corrected chi connectivity index (χ0v) is 15.5. The average Bonchev–Trinajstić information content (AvgIpc) is 3.07. The van der Waals surface area contributed by atoms with Crippen molar-refractivity contribution >= 4 is 38.2 Å². The lowest BCUT2D eigenvalue weighted by atomic mass is 10.3. The highest BCUT2D eigenvalue weighted by molar-refractivity contribution is 7.91. The molecule has 12 heteroatoms. The second kappa shape index (κ2) is 7.68. The third-order valence-electron chi connectivity index (χ3n) is 3.74. The summed E-state index contributed by atoms with van der Waals surface area (Å²) < 4.78 is 45.4. The maximum atomic E-state index is 13.7. The van der Waals surface area contributed by atoms with Crippen molar-refractivity contribution in [3.05, 3.63) is 41.5 Å². The van der Waals surface area contributed by atoms with Crippen LogP contribution < -0.4 is 11.1 Å². The van der Waals surface area contributed by atoms with Crippen LogP contribution in [0.5, 0.6) is 0 Å². The Morgan fingerprint density at radius 1 is 1.33 bits per heavy atom. The van der Waals surface area contributed by atoms with Gasteiger partial charge in [-0.05, 0) is 18.2 Å². The number of hydrogen-bond donors (Lipinski definition) is 2. The van der Waals surface area contributed by atoms with Crippen molar-refractivity contribution in [2.45, 2.75) is 4.21 Å². The number of ether oxygens (including phenoxy) is 1. The number of carbonyl (C=O) groups excluding carboxylic acids is 2. The van der Waals surface area contributed by atoms with Crippen molar-refractivity contribution in [2.75, 3.05) is 31.6 Å². The molecule has 3 heterocycles. The molecule has 1 aliphatic heterocycles. The van der Waals surface area contributed by atoms with Gasteiger partial charge in [-0.1, -0.05) is 0 Å². The predicted octanol–water partition coefficient (Wildman–Crippen LogP) is 0.654. The Bertz CT molecular complexity index is 986. The highest BCUT2D eigenvalue weighted by Crippen LogP contribution is 2.33. The van der Waals surface area contributed by atoms with Crippen LogP contribution in [0, 0.1) is 5.82 Å². The lowest BCUT2D eigenvalue weighted by Crippen LogP contribution is -2.40. The summed E-state index contributed by atoms with van der Waals surface area (Å²) in [5, 5.41) is 2.22. The highest BCUT2D eigenvalue weighted by Gasteiger charge is 2.30. The number of sulfonamides is 1. The largest absolute Gasteiger partial charge is 0.379 e. The lowest BCUT2D eigenvalue weighted by Gasteiger charge is -2.25. The molecule has 0 bridgehead atoms. The number of thiophene rings is 1. The molecule has 0 unspecified atom stereocenters. The zero-order valence-electron chi connectivity index (χ0n) is 13.8. The van der Waals surface area contributed by atoms with Crippen molar-refractivity contribution < 1.29 is 27.1 Å². The molecule has 2 aromatic rings. The number of aromatic nitrogens is 1. The first-order valence-electron chi connectivity index (χ1n) is 7.74. The van der Waals surface area contributed by atoms with Crippen LogP contribution in [0.3, 0.4) is 0 Å².